The van der Waals surface area contributed by atoms with Crippen molar-refractivity contribution in [3.63, 3.8) is 0 Å². The summed E-state index contributed by atoms with van der Waals surface area (Å²) in [7, 11) is 0. The van der Waals surface area contributed by atoms with E-state index in [1.54, 1.807) is 0 Å². The van der Waals surface area contributed by atoms with Crippen LogP contribution in [-0.2, 0) is 0 Å². The summed E-state index contributed by atoms with van der Waals surface area (Å²) < 4.78 is 0. The van der Waals surface area contributed by atoms with Gasteiger partial charge in [-0.1, -0.05) is 12.5 Å². The predicted octanol–water partition coefficient (Wildman–Crippen LogP) is 3.68. The fraction of sp³-hybridized carbons (Fsp3) is 0.579. The Labute approximate surface area is 148 Å². The molecular formula is C19H25N3OS. The first-order chi connectivity index (χ1) is 11.7. The van der Waals surface area contributed by atoms with Crippen LogP contribution in [0.25, 0.3) is 0 Å². The third-order valence-electron chi connectivity index (χ3n) is 5.00. The van der Waals surface area contributed by atoms with Crippen LogP contribution < -0.4 is 5.32 Å². The van der Waals surface area contributed by atoms with Crippen LogP contribution in [0.3, 0.4) is 0 Å². The molecule has 0 spiro atoms. The van der Waals surface area contributed by atoms with Gasteiger partial charge in [-0.2, -0.15) is 17.0 Å². The van der Waals surface area contributed by atoms with Crippen LogP contribution in [0.4, 0.5) is 5.69 Å². The van der Waals surface area contributed by atoms with Crippen molar-refractivity contribution in [2.75, 3.05) is 29.9 Å². The van der Waals surface area contributed by atoms with E-state index in [4.69, 9.17) is 5.26 Å². The largest absolute Gasteiger partial charge is 0.382 e. The maximum atomic E-state index is 12.7. The first kappa shape index (κ1) is 17.2. The number of anilines is 1. The topological polar surface area (TPSA) is 56.1 Å². The van der Waals surface area contributed by atoms with Crippen LogP contribution >= 0.6 is 11.8 Å². The van der Waals surface area contributed by atoms with Crippen molar-refractivity contribution in [1.29, 1.82) is 5.26 Å². The highest BCUT2D eigenvalue weighted by atomic mass is 32.2. The van der Waals surface area contributed by atoms with Gasteiger partial charge in [0.2, 0.25) is 0 Å². The summed E-state index contributed by atoms with van der Waals surface area (Å²) in [5.41, 5.74) is 2.96. The van der Waals surface area contributed by atoms with E-state index in [9.17, 15) is 4.79 Å². The van der Waals surface area contributed by atoms with Crippen molar-refractivity contribution in [2.24, 2.45) is 5.92 Å². The second kappa shape index (κ2) is 7.94. The molecule has 0 aromatic heterocycles. The van der Waals surface area contributed by atoms with Gasteiger partial charge in [0.15, 0.2) is 0 Å². The normalized spacial score (nSPS) is 24.2. The number of hydrogen-bond donors (Lipinski definition) is 1. The maximum Gasteiger partial charge on any atom is 0.253 e. The van der Waals surface area contributed by atoms with Gasteiger partial charge in [-0.15, -0.1) is 0 Å². The Kier molecular flexibility index (Phi) is 5.68. The van der Waals surface area contributed by atoms with Crippen LogP contribution in [0.15, 0.2) is 18.2 Å². The van der Waals surface area contributed by atoms with Gasteiger partial charge in [0.05, 0.1) is 6.07 Å². The summed E-state index contributed by atoms with van der Waals surface area (Å²) in [6.45, 7) is 3.75. The lowest BCUT2D eigenvalue weighted by Gasteiger charge is -2.29. The van der Waals surface area contributed by atoms with E-state index < -0.39 is 0 Å². The number of hydrogen-bond acceptors (Lipinski definition) is 4. The SMILES string of the molecule is Cc1ccc(C(=O)N2CCSCC2)cc1N[C@@H]1CCC[C@@H](C#N)C1. The Bertz CT molecular complexity index is 634. The first-order valence-electron chi connectivity index (χ1n) is 8.81. The zero-order chi connectivity index (χ0) is 16.9. The molecule has 4 nitrogen and oxygen atoms in total. The zero-order valence-corrected chi connectivity index (χ0v) is 15.1. The molecule has 0 radical (unpaired) electrons. The van der Waals surface area contributed by atoms with E-state index in [1.165, 1.54) is 0 Å². The number of thioether (sulfide) groups is 1. The Balaban J connectivity index is 1.71. The van der Waals surface area contributed by atoms with Crippen molar-refractivity contribution >= 4 is 23.4 Å². The minimum absolute atomic E-state index is 0.136. The number of rotatable bonds is 3. The van der Waals surface area contributed by atoms with E-state index in [-0.39, 0.29) is 11.8 Å². The molecule has 1 saturated carbocycles. The fourth-order valence-electron chi connectivity index (χ4n) is 3.52. The molecule has 2 aliphatic rings. The summed E-state index contributed by atoms with van der Waals surface area (Å²) in [5.74, 6) is 2.35. The quantitative estimate of drug-likeness (QED) is 0.909. The molecule has 1 saturated heterocycles. The van der Waals surface area contributed by atoms with Crippen molar-refractivity contribution < 1.29 is 4.79 Å². The third kappa shape index (κ3) is 4.05. The zero-order valence-electron chi connectivity index (χ0n) is 14.3. The maximum absolute atomic E-state index is 12.7. The van der Waals surface area contributed by atoms with Crippen LogP contribution in [0.5, 0.6) is 0 Å². The molecule has 3 rings (SSSR count). The van der Waals surface area contributed by atoms with Crippen molar-refractivity contribution in [3.8, 4) is 6.07 Å². The number of carbonyl (C=O) groups excluding carboxylic acids is 1. The van der Waals surface area contributed by atoms with E-state index >= 15 is 0 Å². The molecule has 1 N–H and O–H groups in total. The van der Waals surface area contributed by atoms with Crippen LogP contribution in [-0.4, -0.2) is 41.4 Å². The molecule has 2 atom stereocenters. The van der Waals surface area contributed by atoms with E-state index in [0.29, 0.717) is 6.04 Å². The number of carbonyl (C=O) groups is 1. The Morgan fingerprint density at radius 3 is 2.88 bits per heavy atom. The van der Waals surface area contributed by atoms with E-state index in [0.717, 1.165) is 67.1 Å². The summed E-state index contributed by atoms with van der Waals surface area (Å²) in [4.78, 5) is 14.7. The molecule has 1 aromatic carbocycles. The highest BCUT2D eigenvalue weighted by Gasteiger charge is 2.23. The van der Waals surface area contributed by atoms with Gasteiger partial charge in [0, 0.05) is 47.8 Å². The van der Waals surface area contributed by atoms with Crippen molar-refractivity contribution in [2.45, 2.75) is 38.6 Å². The highest BCUT2D eigenvalue weighted by Crippen LogP contribution is 2.28. The van der Waals surface area contributed by atoms with E-state index in [2.05, 4.69) is 18.3 Å². The van der Waals surface area contributed by atoms with Crippen LogP contribution in [0.1, 0.15) is 41.6 Å². The molecule has 0 bridgehead atoms. The molecule has 1 aliphatic heterocycles. The number of nitriles is 1. The first-order valence-corrected chi connectivity index (χ1v) is 9.96. The monoisotopic (exact) mass is 343 g/mol. The van der Waals surface area contributed by atoms with Gasteiger partial charge in [0.25, 0.3) is 5.91 Å². The van der Waals surface area contributed by atoms with E-state index in [1.807, 2.05) is 34.9 Å². The summed E-state index contributed by atoms with van der Waals surface area (Å²) in [6, 6.07) is 8.69. The minimum Gasteiger partial charge on any atom is -0.382 e. The molecule has 24 heavy (non-hydrogen) atoms. The van der Waals surface area contributed by atoms with Gasteiger partial charge < -0.3 is 10.2 Å². The lowest BCUT2D eigenvalue weighted by molar-refractivity contribution is 0.0772. The molecule has 1 heterocycles. The summed E-state index contributed by atoms with van der Waals surface area (Å²) in [6.07, 6.45) is 4.11. The van der Waals surface area contributed by atoms with Crippen LogP contribution in [0, 0.1) is 24.2 Å². The summed E-state index contributed by atoms with van der Waals surface area (Å²) in [5, 5.41) is 12.7. The number of nitrogens with zero attached hydrogens (tertiary/aromatic N) is 2. The predicted molar refractivity (Wildman–Crippen MR) is 99.4 cm³/mol. The third-order valence-corrected chi connectivity index (χ3v) is 5.94. The lowest BCUT2D eigenvalue weighted by atomic mass is 9.86. The second-order valence-corrected chi connectivity index (χ2v) is 7.99. The molecule has 1 aromatic rings. The Hall–Kier alpha value is -1.67. The van der Waals surface area contributed by atoms with Gasteiger partial charge in [-0.25, -0.2) is 0 Å². The van der Waals surface area contributed by atoms with Crippen molar-refractivity contribution in [1.82, 2.24) is 4.90 Å². The molecule has 128 valence electrons. The Morgan fingerprint density at radius 2 is 2.12 bits per heavy atom. The number of amides is 1. The molecule has 2 fully saturated rings. The second-order valence-electron chi connectivity index (χ2n) is 6.77. The van der Waals surface area contributed by atoms with Crippen LogP contribution in [0.2, 0.25) is 0 Å². The molecule has 1 aliphatic carbocycles. The average Bonchev–Trinajstić information content (AvgIpc) is 2.64. The smallest absolute Gasteiger partial charge is 0.253 e. The number of nitrogens with one attached hydrogen (secondary N) is 1. The highest BCUT2D eigenvalue weighted by molar-refractivity contribution is 7.99. The number of benzene rings is 1. The number of aryl methyl sites for hydroxylation is 1. The minimum atomic E-state index is 0.136. The van der Waals surface area contributed by atoms with Gasteiger partial charge in [-0.05, 0) is 43.9 Å². The summed E-state index contributed by atoms with van der Waals surface area (Å²) >= 11 is 1.91. The molecule has 1 amide bonds. The Morgan fingerprint density at radius 1 is 1.33 bits per heavy atom. The average molecular weight is 343 g/mol. The van der Waals surface area contributed by atoms with Gasteiger partial charge in [-0.3, -0.25) is 4.79 Å². The fourth-order valence-corrected chi connectivity index (χ4v) is 4.42. The lowest BCUT2D eigenvalue weighted by Crippen LogP contribution is -2.38. The molecular weight excluding hydrogens is 318 g/mol. The molecule has 0 unspecified atom stereocenters. The van der Waals surface area contributed by atoms with Gasteiger partial charge in [0.1, 0.15) is 0 Å². The van der Waals surface area contributed by atoms with Crippen molar-refractivity contribution in [3.05, 3.63) is 29.3 Å². The molecule has 5 heteroatoms. The standard InChI is InChI=1S/C19H25N3OS/c1-14-5-6-16(19(23)22-7-9-24-10-8-22)12-18(14)21-17-4-2-3-15(11-17)13-20/h5-6,12,15,17,21H,2-4,7-11H2,1H3/t15-,17-/m1/s1. The van der Waals surface area contributed by atoms with Gasteiger partial charge >= 0.3 is 0 Å².